The number of nitrogens with one attached hydrogen (secondary N) is 4. The number of carbonyl (C=O) groups excluding carboxylic acids is 2. The van der Waals surface area contributed by atoms with E-state index in [0.717, 1.165) is 22.3 Å². The molecule has 4 aromatic rings. The molecule has 2 aliphatic rings. The van der Waals surface area contributed by atoms with Gasteiger partial charge >= 0.3 is 0 Å². The molecule has 276 valence electrons. The third-order valence-corrected chi connectivity index (χ3v) is 10.3. The van der Waals surface area contributed by atoms with Gasteiger partial charge in [0, 0.05) is 28.9 Å². The van der Waals surface area contributed by atoms with Crippen molar-refractivity contribution in [3.8, 4) is 12.1 Å². The fourth-order valence-electron chi connectivity index (χ4n) is 5.76. The van der Waals surface area contributed by atoms with Crippen LogP contribution in [0.5, 0.6) is 0 Å². The summed E-state index contributed by atoms with van der Waals surface area (Å²) in [4.78, 5) is 43.7. The van der Waals surface area contributed by atoms with Gasteiger partial charge in [-0.15, -0.1) is 0 Å². The molecule has 2 atom stereocenters. The number of carbonyl (C=O) groups is 2. The van der Waals surface area contributed by atoms with E-state index in [2.05, 4.69) is 53.4 Å². The van der Waals surface area contributed by atoms with Crippen LogP contribution in [0.3, 0.4) is 0 Å². The van der Waals surface area contributed by atoms with Crippen LogP contribution in [0.1, 0.15) is 56.8 Å². The summed E-state index contributed by atoms with van der Waals surface area (Å²) in [6, 6.07) is 30.0. The minimum absolute atomic E-state index is 0.0416. The van der Waals surface area contributed by atoms with Crippen molar-refractivity contribution in [3.63, 3.8) is 0 Å². The van der Waals surface area contributed by atoms with Crippen molar-refractivity contribution in [3.05, 3.63) is 129 Å². The van der Waals surface area contributed by atoms with Gasteiger partial charge in [0.25, 0.3) is 0 Å². The minimum atomic E-state index is -0.505. The molecule has 14 nitrogen and oxygen atoms in total. The lowest BCUT2D eigenvalue weighted by atomic mass is 9.96. The molecule has 2 amide bonds. The Morgan fingerprint density at radius 1 is 0.673 bits per heavy atom. The fraction of sp³-hybridized carbons (Fsp3) is 0.179. The number of amidine groups is 2. The van der Waals surface area contributed by atoms with Gasteiger partial charge in [-0.2, -0.15) is 10.5 Å². The van der Waals surface area contributed by atoms with Gasteiger partial charge in [-0.05, 0) is 60.4 Å². The van der Waals surface area contributed by atoms with Gasteiger partial charge in [0.05, 0.1) is 34.8 Å². The summed E-state index contributed by atoms with van der Waals surface area (Å²) in [5.74, 6) is -0.0799. The summed E-state index contributed by atoms with van der Waals surface area (Å²) in [5.41, 5.74) is 18.9. The second-order valence-corrected chi connectivity index (χ2v) is 14.4. The molecular formula is C39H36N12O2S2. The smallest absolute Gasteiger partial charge is 0.234 e. The van der Waals surface area contributed by atoms with Gasteiger partial charge in [-0.3, -0.25) is 9.59 Å². The zero-order chi connectivity index (χ0) is 38.9. The number of anilines is 2. The van der Waals surface area contributed by atoms with Gasteiger partial charge < -0.3 is 32.7 Å². The number of hydrogen-bond donors (Lipinski definition) is 6. The van der Waals surface area contributed by atoms with E-state index in [1.165, 1.54) is 23.5 Å². The number of nitrogens with zero attached hydrogens (tertiary/aromatic N) is 6. The third-order valence-electron chi connectivity index (χ3n) is 8.49. The van der Waals surface area contributed by atoms with Crippen LogP contribution in [0.25, 0.3) is 0 Å². The first-order chi connectivity index (χ1) is 26.6. The number of aryl methyl sites for hydroxylation is 2. The summed E-state index contributed by atoms with van der Waals surface area (Å²) in [7, 11) is 0. The summed E-state index contributed by atoms with van der Waals surface area (Å²) >= 11 is 2.38. The number of hydrogen-bond acceptors (Lipinski definition) is 14. The van der Waals surface area contributed by atoms with Crippen molar-refractivity contribution < 1.29 is 9.59 Å². The average Bonchev–Trinajstić information content (AvgIpc) is 3.17. The molecule has 16 heteroatoms. The van der Waals surface area contributed by atoms with Crippen LogP contribution < -0.4 is 32.7 Å². The number of aliphatic imine (C=N–C) groups is 4. The van der Waals surface area contributed by atoms with Crippen molar-refractivity contribution >= 4 is 69.0 Å². The number of guanidine groups is 2. The van der Waals surface area contributed by atoms with E-state index in [4.69, 9.17) is 11.5 Å². The van der Waals surface area contributed by atoms with Gasteiger partial charge in [-0.25, -0.2) is 20.0 Å². The van der Waals surface area contributed by atoms with E-state index < -0.39 is 12.3 Å². The quantitative estimate of drug-likeness (QED) is 0.127. The molecule has 0 radical (unpaired) electrons. The van der Waals surface area contributed by atoms with Gasteiger partial charge in [0.15, 0.2) is 34.6 Å². The Balaban J connectivity index is 1.03. The number of amides is 2. The van der Waals surface area contributed by atoms with Gasteiger partial charge in [0.2, 0.25) is 11.8 Å². The molecule has 6 rings (SSSR count). The van der Waals surface area contributed by atoms with Gasteiger partial charge in [0.1, 0.15) is 0 Å². The van der Waals surface area contributed by atoms with E-state index in [1.807, 2.05) is 62.4 Å². The van der Waals surface area contributed by atoms with E-state index >= 15 is 0 Å². The lowest BCUT2D eigenvalue weighted by Crippen LogP contribution is -2.39. The average molecular weight is 769 g/mol. The topological polar surface area (TPSA) is 231 Å². The largest absolute Gasteiger partial charge is 0.370 e. The molecule has 0 saturated heterocycles. The van der Waals surface area contributed by atoms with E-state index in [0.29, 0.717) is 44.0 Å². The van der Waals surface area contributed by atoms with Crippen LogP contribution in [0.15, 0.2) is 105 Å². The predicted molar refractivity (Wildman–Crippen MR) is 220 cm³/mol. The zero-order valence-electron chi connectivity index (χ0n) is 29.8. The first-order valence-electron chi connectivity index (χ1n) is 17.0. The highest BCUT2D eigenvalue weighted by Gasteiger charge is 2.21. The van der Waals surface area contributed by atoms with Crippen LogP contribution in [-0.2, 0) is 16.0 Å². The van der Waals surface area contributed by atoms with Crippen LogP contribution in [-0.4, -0.2) is 45.6 Å². The molecule has 0 unspecified atom stereocenters. The summed E-state index contributed by atoms with van der Waals surface area (Å²) in [6.07, 6.45) is -0.725. The molecule has 0 aromatic heterocycles. The van der Waals surface area contributed by atoms with Gasteiger partial charge in [-0.1, -0.05) is 84.2 Å². The van der Waals surface area contributed by atoms with Crippen molar-refractivity contribution in [1.82, 2.24) is 10.6 Å². The Bertz CT molecular complexity index is 2200. The third kappa shape index (κ3) is 9.88. The molecule has 4 aromatic carbocycles. The van der Waals surface area contributed by atoms with Crippen molar-refractivity contribution in [1.29, 1.82) is 10.5 Å². The number of nitrogens with two attached hydrogens (primary N) is 2. The Hall–Kier alpha value is -6.62. The van der Waals surface area contributed by atoms with Crippen LogP contribution in [0, 0.1) is 36.5 Å². The molecule has 0 aliphatic carbocycles. The Morgan fingerprint density at radius 3 is 1.49 bits per heavy atom. The fourth-order valence-corrected chi connectivity index (χ4v) is 7.14. The van der Waals surface area contributed by atoms with Crippen LogP contribution >= 0.6 is 23.5 Å². The zero-order valence-corrected chi connectivity index (χ0v) is 31.5. The second kappa shape index (κ2) is 17.5. The minimum Gasteiger partial charge on any atom is -0.370 e. The summed E-state index contributed by atoms with van der Waals surface area (Å²) in [5, 5.41) is 32.3. The van der Waals surface area contributed by atoms with E-state index in [-0.39, 0.29) is 41.7 Å². The summed E-state index contributed by atoms with van der Waals surface area (Å²) < 4.78 is 0. The SMILES string of the molecule is Cc1ccccc1[C@@H]1N=C(N)NC(SCC(=O)Nc2ccc(Cc3ccc(NC(=O)CSC4=N[C@@H](c5ccccc5C)N=C(N)N4)cc3C#N)c(C#N)c2)=N1. The lowest BCUT2D eigenvalue weighted by Gasteiger charge is -2.20. The van der Waals surface area contributed by atoms with Crippen molar-refractivity contribution in [2.24, 2.45) is 31.4 Å². The summed E-state index contributed by atoms with van der Waals surface area (Å²) in [6.45, 7) is 3.95. The van der Waals surface area contributed by atoms with E-state index in [1.54, 1.807) is 36.4 Å². The molecular weight excluding hydrogens is 733 g/mol. The highest BCUT2D eigenvalue weighted by atomic mass is 32.2. The Labute approximate surface area is 326 Å². The maximum absolute atomic E-state index is 12.9. The molecule has 0 bridgehead atoms. The van der Waals surface area contributed by atoms with Crippen LogP contribution in [0.4, 0.5) is 11.4 Å². The number of thioether (sulfide) groups is 2. The highest BCUT2D eigenvalue weighted by Crippen LogP contribution is 2.28. The number of benzene rings is 4. The molecule has 8 N–H and O–H groups in total. The Morgan fingerprint density at radius 2 is 1.09 bits per heavy atom. The molecule has 0 saturated carbocycles. The highest BCUT2D eigenvalue weighted by molar-refractivity contribution is 8.14. The van der Waals surface area contributed by atoms with Crippen LogP contribution in [0.2, 0.25) is 0 Å². The first-order valence-corrected chi connectivity index (χ1v) is 18.9. The molecule has 2 heterocycles. The standard InChI is InChI=1S/C39H36N12O2S2/c1-22-7-3-5-9-30(22)34-46-36(42)50-38(48-34)54-20-32(52)44-28-13-11-24(26(16-28)18-40)15-25-12-14-29(17-27(25)19-41)45-33(53)21-55-39-49-35(47-37(43)51-39)31-10-6-4-8-23(31)2/h3-14,16-17,34-35H,15,20-21H2,1-2H3,(H,44,52)(H,45,53)(H3,42,46,48,50)(H3,43,47,49,51)/t34-,35+. The second-order valence-electron chi connectivity index (χ2n) is 12.4. The molecule has 55 heavy (non-hydrogen) atoms. The first kappa shape index (κ1) is 38.1. The lowest BCUT2D eigenvalue weighted by molar-refractivity contribution is -0.114. The molecule has 0 spiro atoms. The maximum atomic E-state index is 12.9. The number of nitriles is 2. The number of rotatable bonds is 10. The Kier molecular flexibility index (Phi) is 12.1. The predicted octanol–water partition coefficient (Wildman–Crippen LogP) is 4.93. The normalized spacial score (nSPS) is 16.1. The van der Waals surface area contributed by atoms with Crippen molar-refractivity contribution in [2.75, 3.05) is 22.1 Å². The monoisotopic (exact) mass is 768 g/mol. The van der Waals surface area contributed by atoms with E-state index in [9.17, 15) is 20.1 Å². The molecule has 2 aliphatic heterocycles. The maximum Gasteiger partial charge on any atom is 0.234 e. The van der Waals surface area contributed by atoms with Crippen molar-refractivity contribution in [2.45, 2.75) is 32.6 Å². The molecule has 0 fully saturated rings.